The molecule has 0 radical (unpaired) electrons. The lowest BCUT2D eigenvalue weighted by Crippen LogP contribution is -2.31. The van der Waals surface area contributed by atoms with Gasteiger partial charge in [-0.05, 0) is 31.4 Å². The van der Waals surface area contributed by atoms with Gasteiger partial charge in [0, 0.05) is 6.42 Å². The van der Waals surface area contributed by atoms with Crippen LogP contribution in [0, 0.1) is 0 Å². The van der Waals surface area contributed by atoms with Crippen LogP contribution in [0.2, 0.25) is 0 Å². The summed E-state index contributed by atoms with van der Waals surface area (Å²) in [6, 6.07) is 3.62. The maximum Gasteiger partial charge on any atom is 0.168 e. The van der Waals surface area contributed by atoms with E-state index in [9.17, 15) is 4.79 Å². The minimum Gasteiger partial charge on any atom is -0.496 e. The molecule has 0 bridgehead atoms. The fourth-order valence-corrected chi connectivity index (χ4v) is 3.29. The molecule has 1 saturated carbocycles. The van der Waals surface area contributed by atoms with Crippen molar-refractivity contribution in [1.82, 2.24) is 0 Å². The molecule has 1 aliphatic carbocycles. The number of benzene rings is 1. The summed E-state index contributed by atoms with van der Waals surface area (Å²) in [7, 11) is 4.78. The molecule has 4 heteroatoms. The molecule has 4 nitrogen and oxygen atoms in total. The molecule has 0 amide bonds. The van der Waals surface area contributed by atoms with Crippen LogP contribution in [0.5, 0.6) is 17.2 Å². The first-order valence-electron chi connectivity index (χ1n) is 7.08. The van der Waals surface area contributed by atoms with E-state index in [2.05, 4.69) is 6.58 Å². The van der Waals surface area contributed by atoms with Crippen LogP contribution >= 0.6 is 0 Å². The summed E-state index contributed by atoms with van der Waals surface area (Å²) in [5, 5.41) is 0. The first-order chi connectivity index (χ1) is 10.1. The Balaban J connectivity index is 2.74. The van der Waals surface area contributed by atoms with E-state index in [1.54, 1.807) is 33.5 Å². The molecule has 0 N–H and O–H groups in total. The van der Waals surface area contributed by atoms with Gasteiger partial charge in [-0.1, -0.05) is 6.08 Å². The van der Waals surface area contributed by atoms with Gasteiger partial charge in [0.1, 0.15) is 11.5 Å². The Kier molecular flexibility index (Phi) is 4.56. The smallest absolute Gasteiger partial charge is 0.168 e. The molecule has 1 aromatic rings. The molecular formula is C17H22O4. The van der Waals surface area contributed by atoms with Crippen LogP contribution < -0.4 is 14.2 Å². The molecule has 0 aliphatic heterocycles. The van der Waals surface area contributed by atoms with Crippen LogP contribution in [0.25, 0.3) is 0 Å². The molecule has 0 unspecified atom stereocenters. The highest BCUT2D eigenvalue weighted by Gasteiger charge is 2.46. The summed E-state index contributed by atoms with van der Waals surface area (Å²) in [6.07, 6.45) is 4.60. The van der Waals surface area contributed by atoms with Gasteiger partial charge in [-0.25, -0.2) is 0 Å². The molecule has 0 saturated heterocycles. The summed E-state index contributed by atoms with van der Waals surface area (Å²) < 4.78 is 16.4. The van der Waals surface area contributed by atoms with E-state index >= 15 is 0 Å². The monoisotopic (exact) mass is 290 g/mol. The third kappa shape index (κ3) is 2.39. The van der Waals surface area contributed by atoms with E-state index in [4.69, 9.17) is 14.2 Å². The number of methoxy groups -OCH3 is 3. The van der Waals surface area contributed by atoms with E-state index in [1.165, 1.54) is 0 Å². The van der Waals surface area contributed by atoms with Crippen LogP contribution in [0.15, 0.2) is 24.8 Å². The van der Waals surface area contributed by atoms with E-state index in [0.29, 0.717) is 30.1 Å². The van der Waals surface area contributed by atoms with Crippen LogP contribution in [0.3, 0.4) is 0 Å². The van der Waals surface area contributed by atoms with Gasteiger partial charge in [0.25, 0.3) is 0 Å². The summed E-state index contributed by atoms with van der Waals surface area (Å²) in [4.78, 5) is 12.6. The quantitative estimate of drug-likeness (QED) is 0.754. The predicted molar refractivity (Wildman–Crippen MR) is 81.4 cm³/mol. The molecule has 1 aliphatic rings. The second-order valence-electron chi connectivity index (χ2n) is 5.23. The van der Waals surface area contributed by atoms with Crippen molar-refractivity contribution >= 4 is 5.78 Å². The standard InChI is InChI=1S/C17H22O4/c1-5-10-17(11-6-7-14(17)18)15-12(19-2)8-9-13(20-3)16(15)21-4/h5,8-9H,1,6-7,10-11H2,2-4H3/t17-/m0/s1. The van der Waals surface area contributed by atoms with Gasteiger partial charge >= 0.3 is 0 Å². The molecule has 21 heavy (non-hydrogen) atoms. The number of ketones is 1. The Morgan fingerprint density at radius 1 is 1.19 bits per heavy atom. The minimum atomic E-state index is -0.618. The first kappa shape index (κ1) is 15.4. The SMILES string of the molecule is C=CC[C@]1(c2c(OC)ccc(OC)c2OC)CCCC1=O. The second kappa shape index (κ2) is 6.20. The number of ether oxygens (including phenoxy) is 3. The summed E-state index contributed by atoms with van der Waals surface area (Å²) >= 11 is 0. The van der Waals surface area contributed by atoms with Gasteiger partial charge in [0.05, 0.1) is 32.3 Å². The predicted octanol–water partition coefficient (Wildman–Crippen LogP) is 3.28. The Bertz CT molecular complexity index is 550. The number of hydrogen-bond acceptors (Lipinski definition) is 4. The van der Waals surface area contributed by atoms with Crippen molar-refractivity contribution in [2.45, 2.75) is 31.1 Å². The molecule has 1 aromatic carbocycles. The van der Waals surface area contributed by atoms with Crippen LogP contribution in [0.1, 0.15) is 31.2 Å². The van der Waals surface area contributed by atoms with E-state index < -0.39 is 5.41 Å². The third-order valence-corrected chi connectivity index (χ3v) is 4.24. The third-order valence-electron chi connectivity index (χ3n) is 4.24. The molecule has 1 atom stereocenters. The van der Waals surface area contributed by atoms with Crippen molar-refractivity contribution in [1.29, 1.82) is 0 Å². The average Bonchev–Trinajstić information content (AvgIpc) is 2.87. The van der Waals surface area contributed by atoms with Crippen molar-refractivity contribution < 1.29 is 19.0 Å². The van der Waals surface area contributed by atoms with E-state index in [0.717, 1.165) is 18.4 Å². The second-order valence-corrected chi connectivity index (χ2v) is 5.23. The minimum absolute atomic E-state index is 0.215. The van der Waals surface area contributed by atoms with Gasteiger partial charge in [0.15, 0.2) is 11.5 Å². The Labute approximate surface area is 125 Å². The van der Waals surface area contributed by atoms with Crippen molar-refractivity contribution in [3.63, 3.8) is 0 Å². The molecule has 2 rings (SSSR count). The van der Waals surface area contributed by atoms with Crippen LogP contribution in [-0.2, 0) is 10.2 Å². The van der Waals surface area contributed by atoms with Gasteiger partial charge in [-0.15, -0.1) is 6.58 Å². The van der Waals surface area contributed by atoms with Crippen LogP contribution in [0.4, 0.5) is 0 Å². The molecular weight excluding hydrogens is 268 g/mol. The summed E-state index contributed by atoms with van der Waals surface area (Å²) in [5.41, 5.74) is 0.168. The van der Waals surface area contributed by atoms with Gasteiger partial charge in [-0.3, -0.25) is 4.79 Å². The fraction of sp³-hybridized carbons (Fsp3) is 0.471. The van der Waals surface area contributed by atoms with E-state index in [1.807, 2.05) is 6.07 Å². The topological polar surface area (TPSA) is 44.8 Å². The highest BCUT2D eigenvalue weighted by atomic mass is 16.5. The number of rotatable bonds is 6. The number of carbonyl (C=O) groups is 1. The lowest BCUT2D eigenvalue weighted by Gasteiger charge is -2.30. The zero-order valence-electron chi connectivity index (χ0n) is 12.9. The van der Waals surface area contributed by atoms with Crippen molar-refractivity contribution in [2.75, 3.05) is 21.3 Å². The number of carbonyl (C=O) groups excluding carboxylic acids is 1. The largest absolute Gasteiger partial charge is 0.496 e. The normalized spacial score (nSPS) is 21.2. The lowest BCUT2D eigenvalue weighted by molar-refractivity contribution is -0.122. The van der Waals surface area contributed by atoms with Gasteiger partial charge in [-0.2, -0.15) is 0 Å². The number of hydrogen-bond donors (Lipinski definition) is 0. The maximum absolute atomic E-state index is 12.6. The Morgan fingerprint density at radius 2 is 1.86 bits per heavy atom. The lowest BCUT2D eigenvalue weighted by atomic mass is 9.74. The Hall–Kier alpha value is -1.97. The fourth-order valence-electron chi connectivity index (χ4n) is 3.29. The zero-order valence-corrected chi connectivity index (χ0v) is 12.9. The molecule has 0 spiro atoms. The van der Waals surface area contributed by atoms with Crippen LogP contribution in [-0.4, -0.2) is 27.1 Å². The number of allylic oxidation sites excluding steroid dienone is 1. The maximum atomic E-state index is 12.6. The Morgan fingerprint density at radius 3 is 2.33 bits per heavy atom. The van der Waals surface area contributed by atoms with Gasteiger partial charge < -0.3 is 14.2 Å². The number of Topliss-reactive ketones (excluding diaryl/α,β-unsaturated/α-hetero) is 1. The van der Waals surface area contributed by atoms with Gasteiger partial charge in [0.2, 0.25) is 0 Å². The highest BCUT2D eigenvalue weighted by Crippen LogP contribution is 2.51. The summed E-state index contributed by atoms with van der Waals surface area (Å²) in [6.45, 7) is 3.82. The van der Waals surface area contributed by atoms with Crippen molar-refractivity contribution in [3.05, 3.63) is 30.4 Å². The first-order valence-corrected chi connectivity index (χ1v) is 7.08. The highest BCUT2D eigenvalue weighted by molar-refractivity contribution is 5.94. The van der Waals surface area contributed by atoms with E-state index in [-0.39, 0.29) is 5.78 Å². The van der Waals surface area contributed by atoms with Crippen molar-refractivity contribution in [2.24, 2.45) is 0 Å². The summed E-state index contributed by atoms with van der Waals surface area (Å²) in [5.74, 6) is 2.06. The molecule has 114 valence electrons. The molecule has 0 heterocycles. The average molecular weight is 290 g/mol. The zero-order chi connectivity index (χ0) is 15.5. The van der Waals surface area contributed by atoms with Crippen molar-refractivity contribution in [3.8, 4) is 17.2 Å². The molecule has 1 fully saturated rings. The molecule has 0 aromatic heterocycles.